The van der Waals surface area contributed by atoms with Gasteiger partial charge in [-0.3, -0.25) is 0 Å². The molecule has 0 bridgehead atoms. The minimum atomic E-state index is 0.236. The van der Waals surface area contributed by atoms with E-state index in [1.165, 1.54) is 27.5 Å². The summed E-state index contributed by atoms with van der Waals surface area (Å²) in [5.74, 6) is 0. The normalized spacial score (nSPS) is 12.5. The topological polar surface area (TPSA) is 0 Å². The van der Waals surface area contributed by atoms with Crippen LogP contribution in [0.15, 0.2) is 66.7 Å². The number of benzene rings is 3. The summed E-state index contributed by atoms with van der Waals surface area (Å²) in [5, 5.41) is 2.60. The molecule has 3 aromatic carbocycles. The van der Waals surface area contributed by atoms with E-state index in [4.69, 9.17) is 0 Å². The van der Waals surface area contributed by atoms with Gasteiger partial charge in [-0.1, -0.05) is 82.7 Å². The van der Waals surface area contributed by atoms with Crippen LogP contribution in [0.5, 0.6) is 0 Å². The fourth-order valence-electron chi connectivity index (χ4n) is 2.51. The summed E-state index contributed by atoms with van der Waals surface area (Å²) in [4.78, 5) is 0.236. The van der Waals surface area contributed by atoms with Crippen molar-refractivity contribution in [3.05, 3.63) is 83.4 Å². The van der Waals surface area contributed by atoms with Crippen LogP contribution < -0.4 is 0 Å². The molecule has 0 aliphatic rings. The minimum Gasteiger partial charge on any atom is -0.0786 e. The molecule has 0 heterocycles. The number of rotatable bonds is 2. The molecule has 0 N–H and O–H groups in total. The Morgan fingerprint density at radius 1 is 0.737 bits per heavy atom. The van der Waals surface area contributed by atoms with Crippen molar-refractivity contribution < 1.29 is 0 Å². The smallest absolute Gasteiger partial charge is 0.0653 e. The van der Waals surface area contributed by atoms with Gasteiger partial charge in [-0.2, -0.15) is 0 Å². The maximum absolute atomic E-state index is 3.87. The second-order valence-electron chi connectivity index (χ2n) is 4.79. The Morgan fingerprint density at radius 3 is 2.21 bits per heavy atom. The second kappa shape index (κ2) is 5.18. The zero-order valence-corrected chi connectivity index (χ0v) is 12.4. The van der Waals surface area contributed by atoms with Crippen molar-refractivity contribution in [2.75, 3.05) is 0 Å². The van der Waals surface area contributed by atoms with Crippen molar-refractivity contribution in [2.45, 2.75) is 11.8 Å². The number of aryl methyl sites for hydroxylation is 1. The summed E-state index contributed by atoms with van der Waals surface area (Å²) in [6, 6.07) is 23.6. The van der Waals surface area contributed by atoms with Crippen LogP contribution in [-0.2, 0) is 0 Å². The van der Waals surface area contributed by atoms with Gasteiger partial charge in [-0.25, -0.2) is 0 Å². The third kappa shape index (κ3) is 2.31. The van der Waals surface area contributed by atoms with E-state index < -0.39 is 0 Å². The lowest BCUT2D eigenvalue weighted by Crippen LogP contribution is -1.96. The number of hydrogen-bond acceptors (Lipinski definition) is 0. The largest absolute Gasteiger partial charge is 0.0786 e. The molecule has 0 saturated heterocycles. The molecule has 0 aromatic heterocycles. The molecule has 3 aromatic rings. The Morgan fingerprint density at radius 2 is 1.37 bits per heavy atom. The third-order valence-corrected chi connectivity index (χ3v) is 4.54. The predicted octanol–water partition coefficient (Wildman–Crippen LogP) is 5.63. The molecular formula is C18H15Br. The average Bonchev–Trinajstić information content (AvgIpc) is 2.46. The quantitative estimate of drug-likeness (QED) is 0.538. The Kier molecular flexibility index (Phi) is 3.39. The summed E-state index contributed by atoms with van der Waals surface area (Å²) in [6.07, 6.45) is 0. The summed E-state index contributed by atoms with van der Waals surface area (Å²) >= 11 is 3.87. The van der Waals surface area contributed by atoms with Gasteiger partial charge in [-0.05, 0) is 34.4 Å². The Balaban J connectivity index is 2.17. The molecule has 0 aliphatic heterocycles. The van der Waals surface area contributed by atoms with Crippen molar-refractivity contribution >= 4 is 26.7 Å². The zero-order valence-electron chi connectivity index (χ0n) is 10.8. The highest BCUT2D eigenvalue weighted by atomic mass is 79.9. The molecule has 94 valence electrons. The van der Waals surface area contributed by atoms with Gasteiger partial charge in [0.05, 0.1) is 4.83 Å². The molecule has 1 heteroatoms. The number of hydrogen-bond donors (Lipinski definition) is 0. The molecule has 19 heavy (non-hydrogen) atoms. The van der Waals surface area contributed by atoms with Crippen LogP contribution in [0.2, 0.25) is 0 Å². The maximum atomic E-state index is 3.87. The SMILES string of the molecule is Cc1ccccc1C(Br)c1cccc2ccccc12. The number of alkyl halides is 1. The van der Waals surface area contributed by atoms with E-state index in [0.29, 0.717) is 0 Å². The molecule has 0 amide bonds. The lowest BCUT2D eigenvalue weighted by molar-refractivity contribution is 1.16. The van der Waals surface area contributed by atoms with E-state index in [-0.39, 0.29) is 4.83 Å². The van der Waals surface area contributed by atoms with Crippen LogP contribution in [0.3, 0.4) is 0 Å². The van der Waals surface area contributed by atoms with Gasteiger partial charge < -0.3 is 0 Å². The van der Waals surface area contributed by atoms with E-state index >= 15 is 0 Å². The van der Waals surface area contributed by atoms with Crippen molar-refractivity contribution in [2.24, 2.45) is 0 Å². The van der Waals surface area contributed by atoms with Gasteiger partial charge in [0.1, 0.15) is 0 Å². The molecule has 0 saturated carbocycles. The standard InChI is InChI=1S/C18H15Br/c1-13-7-2-4-10-15(13)18(19)17-12-6-9-14-8-3-5-11-16(14)17/h2-12,18H,1H3. The van der Waals surface area contributed by atoms with E-state index in [0.717, 1.165) is 0 Å². The van der Waals surface area contributed by atoms with Crippen molar-refractivity contribution in [3.8, 4) is 0 Å². The molecule has 1 unspecified atom stereocenters. The van der Waals surface area contributed by atoms with Crippen LogP contribution in [0.1, 0.15) is 21.5 Å². The van der Waals surface area contributed by atoms with Crippen LogP contribution in [0, 0.1) is 6.92 Å². The first-order valence-electron chi connectivity index (χ1n) is 6.44. The van der Waals surface area contributed by atoms with Gasteiger partial charge in [0.15, 0.2) is 0 Å². The molecule has 0 nitrogen and oxygen atoms in total. The van der Waals surface area contributed by atoms with E-state index in [1.54, 1.807) is 0 Å². The number of halogens is 1. The van der Waals surface area contributed by atoms with E-state index in [1.807, 2.05) is 0 Å². The molecule has 0 radical (unpaired) electrons. The summed E-state index contributed by atoms with van der Waals surface area (Å²) < 4.78 is 0. The lowest BCUT2D eigenvalue weighted by Gasteiger charge is -2.15. The van der Waals surface area contributed by atoms with Gasteiger partial charge >= 0.3 is 0 Å². The second-order valence-corrected chi connectivity index (χ2v) is 5.70. The van der Waals surface area contributed by atoms with Crippen molar-refractivity contribution in [1.29, 1.82) is 0 Å². The number of fused-ring (bicyclic) bond motifs is 1. The third-order valence-electron chi connectivity index (χ3n) is 3.56. The highest BCUT2D eigenvalue weighted by Gasteiger charge is 2.14. The molecule has 0 fully saturated rings. The van der Waals surface area contributed by atoms with Crippen LogP contribution in [0.25, 0.3) is 10.8 Å². The Hall–Kier alpha value is -1.60. The van der Waals surface area contributed by atoms with Gasteiger partial charge in [-0.15, -0.1) is 0 Å². The Labute approximate surface area is 122 Å². The highest BCUT2D eigenvalue weighted by Crippen LogP contribution is 2.36. The minimum absolute atomic E-state index is 0.236. The van der Waals surface area contributed by atoms with Crippen molar-refractivity contribution in [1.82, 2.24) is 0 Å². The molecular weight excluding hydrogens is 296 g/mol. The highest BCUT2D eigenvalue weighted by molar-refractivity contribution is 9.09. The summed E-state index contributed by atoms with van der Waals surface area (Å²) in [5.41, 5.74) is 3.98. The Bertz CT molecular complexity index is 710. The predicted molar refractivity (Wildman–Crippen MR) is 85.9 cm³/mol. The average molecular weight is 311 g/mol. The van der Waals surface area contributed by atoms with E-state index in [9.17, 15) is 0 Å². The fraction of sp³-hybridized carbons (Fsp3) is 0.111. The van der Waals surface area contributed by atoms with Crippen LogP contribution in [-0.4, -0.2) is 0 Å². The molecule has 3 rings (SSSR count). The molecule has 0 spiro atoms. The molecule has 0 aliphatic carbocycles. The van der Waals surface area contributed by atoms with Crippen molar-refractivity contribution in [3.63, 3.8) is 0 Å². The van der Waals surface area contributed by atoms with Gasteiger partial charge in [0.25, 0.3) is 0 Å². The van der Waals surface area contributed by atoms with Gasteiger partial charge in [0, 0.05) is 0 Å². The first-order chi connectivity index (χ1) is 9.27. The zero-order chi connectivity index (χ0) is 13.2. The lowest BCUT2D eigenvalue weighted by atomic mass is 9.96. The van der Waals surface area contributed by atoms with Gasteiger partial charge in [0.2, 0.25) is 0 Å². The fourth-order valence-corrected chi connectivity index (χ4v) is 3.42. The monoisotopic (exact) mass is 310 g/mol. The van der Waals surface area contributed by atoms with E-state index in [2.05, 4.69) is 89.6 Å². The first kappa shape index (κ1) is 12.4. The van der Waals surface area contributed by atoms with Crippen LogP contribution >= 0.6 is 15.9 Å². The first-order valence-corrected chi connectivity index (χ1v) is 7.36. The summed E-state index contributed by atoms with van der Waals surface area (Å²) in [6.45, 7) is 2.16. The van der Waals surface area contributed by atoms with Crippen LogP contribution in [0.4, 0.5) is 0 Å². The summed E-state index contributed by atoms with van der Waals surface area (Å²) in [7, 11) is 0. The maximum Gasteiger partial charge on any atom is 0.0653 e. The molecule has 1 atom stereocenters.